The maximum absolute atomic E-state index is 3.96. The number of rotatable bonds is 0. The lowest BCUT2D eigenvalue weighted by Gasteiger charge is -2.02. The minimum Gasteiger partial charge on any atom is -0.0779 e. The predicted molar refractivity (Wildman–Crippen MR) is 37.5 cm³/mol. The van der Waals surface area contributed by atoms with Crippen LogP contribution in [0.4, 0.5) is 0 Å². The van der Waals surface area contributed by atoms with Gasteiger partial charge >= 0.3 is 0 Å². The molecular formula is C7H8N2+. The normalized spacial score (nSPS) is 30.2. The molecule has 0 amide bonds. The Bertz CT molecular complexity index is 201. The summed E-state index contributed by atoms with van der Waals surface area (Å²) in [6.45, 7) is 0. The SMILES string of the molecule is C1=CC2=[N+]N=CC2CC1. The molecule has 1 heterocycles. The van der Waals surface area contributed by atoms with Crippen molar-refractivity contribution in [3.8, 4) is 0 Å². The maximum Gasteiger partial charge on any atom is 0.297 e. The van der Waals surface area contributed by atoms with Gasteiger partial charge in [-0.2, -0.15) is 0 Å². The van der Waals surface area contributed by atoms with Gasteiger partial charge in [-0.1, -0.05) is 6.08 Å². The van der Waals surface area contributed by atoms with Gasteiger partial charge in [0, 0.05) is 6.08 Å². The molecule has 9 heavy (non-hydrogen) atoms. The molecule has 0 aromatic heterocycles. The molecule has 1 aliphatic heterocycles. The van der Waals surface area contributed by atoms with E-state index in [-0.39, 0.29) is 0 Å². The van der Waals surface area contributed by atoms with Crippen LogP contribution < -0.4 is 5.10 Å². The van der Waals surface area contributed by atoms with Crippen LogP contribution in [-0.4, -0.2) is 11.9 Å². The first-order chi connectivity index (χ1) is 4.47. The molecule has 2 aliphatic rings. The number of fused-ring (bicyclic) bond motifs is 1. The second-order valence-electron chi connectivity index (χ2n) is 2.38. The van der Waals surface area contributed by atoms with Crippen molar-refractivity contribution in [3.63, 3.8) is 0 Å². The van der Waals surface area contributed by atoms with Crippen LogP contribution in [0.25, 0.3) is 0 Å². The van der Waals surface area contributed by atoms with E-state index in [4.69, 9.17) is 0 Å². The van der Waals surface area contributed by atoms with E-state index in [1.807, 2.05) is 6.21 Å². The fourth-order valence-corrected chi connectivity index (χ4v) is 1.19. The number of hydrogen-bond acceptors (Lipinski definition) is 2. The maximum atomic E-state index is 3.96. The summed E-state index contributed by atoms with van der Waals surface area (Å²) in [5.41, 5.74) is 1.14. The summed E-state index contributed by atoms with van der Waals surface area (Å²) in [5, 5.41) is 7.80. The second-order valence-corrected chi connectivity index (χ2v) is 2.38. The summed E-state index contributed by atoms with van der Waals surface area (Å²) in [6, 6.07) is 0. The molecule has 0 N–H and O–H groups in total. The van der Waals surface area contributed by atoms with Gasteiger partial charge in [0.15, 0.2) is 0 Å². The van der Waals surface area contributed by atoms with Crippen molar-refractivity contribution in [2.24, 2.45) is 11.0 Å². The minimum absolute atomic E-state index is 0.537. The van der Waals surface area contributed by atoms with Gasteiger partial charge in [-0.25, -0.2) is 0 Å². The molecule has 2 rings (SSSR count). The van der Waals surface area contributed by atoms with Crippen molar-refractivity contribution < 1.29 is 0 Å². The molecule has 1 atom stereocenters. The van der Waals surface area contributed by atoms with Crippen molar-refractivity contribution >= 4 is 11.9 Å². The van der Waals surface area contributed by atoms with Crippen molar-refractivity contribution in [3.05, 3.63) is 12.2 Å². The Morgan fingerprint density at radius 2 is 2.67 bits per heavy atom. The Labute approximate surface area is 54.0 Å². The molecule has 2 heteroatoms. The predicted octanol–water partition coefficient (Wildman–Crippen LogP) is 0.729. The lowest BCUT2D eigenvalue weighted by atomic mass is 9.94. The summed E-state index contributed by atoms with van der Waals surface area (Å²) >= 11 is 0. The van der Waals surface area contributed by atoms with E-state index in [9.17, 15) is 0 Å². The van der Waals surface area contributed by atoms with Gasteiger partial charge < -0.3 is 0 Å². The van der Waals surface area contributed by atoms with Gasteiger partial charge in [0.25, 0.3) is 5.71 Å². The van der Waals surface area contributed by atoms with Gasteiger partial charge in [-0.05, 0) is 12.8 Å². The number of nitrogens with zero attached hydrogens (tertiary/aromatic N) is 2. The Morgan fingerprint density at radius 1 is 1.67 bits per heavy atom. The molecule has 0 aromatic rings. The van der Waals surface area contributed by atoms with E-state index in [0.29, 0.717) is 5.92 Å². The van der Waals surface area contributed by atoms with E-state index in [2.05, 4.69) is 22.4 Å². The highest BCUT2D eigenvalue weighted by Crippen LogP contribution is 2.14. The summed E-state index contributed by atoms with van der Waals surface area (Å²) in [4.78, 5) is 0. The van der Waals surface area contributed by atoms with Crippen LogP contribution in [0.15, 0.2) is 17.3 Å². The van der Waals surface area contributed by atoms with E-state index < -0.39 is 0 Å². The van der Waals surface area contributed by atoms with Crippen molar-refractivity contribution in [1.29, 1.82) is 0 Å². The van der Waals surface area contributed by atoms with Gasteiger partial charge in [0.2, 0.25) is 5.10 Å². The fraction of sp³-hybridized carbons (Fsp3) is 0.429. The largest absolute Gasteiger partial charge is 0.297 e. The van der Waals surface area contributed by atoms with Crippen LogP contribution in [0.5, 0.6) is 0 Å². The van der Waals surface area contributed by atoms with Crippen molar-refractivity contribution in [1.82, 2.24) is 5.10 Å². The molecular weight excluding hydrogens is 112 g/mol. The zero-order valence-electron chi connectivity index (χ0n) is 5.12. The Kier molecular flexibility index (Phi) is 0.979. The molecule has 0 fully saturated rings. The van der Waals surface area contributed by atoms with E-state index in [0.717, 1.165) is 5.71 Å². The third kappa shape index (κ3) is 0.707. The first kappa shape index (κ1) is 4.91. The standard InChI is InChI=1S/C7H8N2/c1-2-4-7-6(3-1)5-8-9-7/h2,4-6H,1,3H2/q+1. The van der Waals surface area contributed by atoms with Crippen LogP contribution in [0.2, 0.25) is 0 Å². The van der Waals surface area contributed by atoms with Gasteiger partial charge in [-0.3, -0.25) is 0 Å². The number of hydrogen-bond donors (Lipinski definition) is 0. The molecule has 0 bridgehead atoms. The van der Waals surface area contributed by atoms with Crippen molar-refractivity contribution in [2.45, 2.75) is 12.8 Å². The molecule has 45 valence electrons. The lowest BCUT2D eigenvalue weighted by Crippen LogP contribution is -2.14. The first-order valence-electron chi connectivity index (χ1n) is 3.24. The Balaban J connectivity index is 2.31. The second kappa shape index (κ2) is 1.79. The van der Waals surface area contributed by atoms with E-state index >= 15 is 0 Å². The van der Waals surface area contributed by atoms with Gasteiger partial charge in [0.1, 0.15) is 0 Å². The summed E-state index contributed by atoms with van der Waals surface area (Å²) in [5.74, 6) is 0.537. The summed E-state index contributed by atoms with van der Waals surface area (Å²) < 4.78 is 0. The third-order valence-corrected chi connectivity index (χ3v) is 1.73. The topological polar surface area (TPSA) is 26.5 Å². The highest BCUT2D eigenvalue weighted by molar-refractivity contribution is 6.07. The molecule has 0 spiro atoms. The van der Waals surface area contributed by atoms with E-state index in [1.165, 1.54) is 12.8 Å². The fourth-order valence-electron chi connectivity index (χ4n) is 1.19. The van der Waals surface area contributed by atoms with Gasteiger partial charge in [0.05, 0.1) is 17.2 Å². The zero-order chi connectivity index (χ0) is 6.10. The van der Waals surface area contributed by atoms with Crippen LogP contribution in [0, 0.1) is 5.92 Å². The van der Waals surface area contributed by atoms with Crippen molar-refractivity contribution in [2.75, 3.05) is 0 Å². The van der Waals surface area contributed by atoms with Crippen LogP contribution in [-0.2, 0) is 0 Å². The third-order valence-electron chi connectivity index (χ3n) is 1.73. The minimum atomic E-state index is 0.537. The quantitative estimate of drug-likeness (QED) is 0.450. The van der Waals surface area contributed by atoms with E-state index in [1.54, 1.807) is 0 Å². The highest BCUT2D eigenvalue weighted by atomic mass is 15.2. The number of allylic oxidation sites excluding steroid dienone is 2. The zero-order valence-corrected chi connectivity index (χ0v) is 5.12. The van der Waals surface area contributed by atoms with Crippen LogP contribution in [0.3, 0.4) is 0 Å². The summed E-state index contributed by atoms with van der Waals surface area (Å²) in [6.07, 6.45) is 8.53. The average molecular weight is 120 g/mol. The molecule has 0 aromatic carbocycles. The molecule has 2 nitrogen and oxygen atoms in total. The molecule has 0 saturated carbocycles. The highest BCUT2D eigenvalue weighted by Gasteiger charge is 2.28. The van der Waals surface area contributed by atoms with Crippen LogP contribution in [0.1, 0.15) is 12.8 Å². The molecule has 0 saturated heterocycles. The van der Waals surface area contributed by atoms with Gasteiger partial charge in [-0.15, -0.1) is 0 Å². The average Bonchev–Trinajstić information content (AvgIpc) is 2.33. The monoisotopic (exact) mass is 120 g/mol. The lowest BCUT2D eigenvalue weighted by molar-refractivity contribution is 0.797. The summed E-state index contributed by atoms with van der Waals surface area (Å²) in [7, 11) is 0. The molecule has 1 unspecified atom stereocenters. The Morgan fingerprint density at radius 3 is 3.56 bits per heavy atom. The Hall–Kier alpha value is -0.920. The molecule has 1 radical (unpaired) electrons. The van der Waals surface area contributed by atoms with Crippen LogP contribution >= 0.6 is 0 Å². The smallest absolute Gasteiger partial charge is 0.0779 e. The molecule has 1 aliphatic carbocycles. The first-order valence-corrected chi connectivity index (χ1v) is 3.24.